The molecule has 66 heavy (non-hydrogen) atoms. The van der Waals surface area contributed by atoms with E-state index in [9.17, 15) is 19.5 Å². The molecular formula is C54H52N2O10. The van der Waals surface area contributed by atoms with E-state index in [1.807, 2.05) is 170 Å². The van der Waals surface area contributed by atoms with Crippen molar-refractivity contribution in [1.82, 2.24) is 9.13 Å². The van der Waals surface area contributed by atoms with Crippen LogP contribution in [0.4, 0.5) is 4.79 Å². The van der Waals surface area contributed by atoms with Crippen LogP contribution in [0.3, 0.4) is 0 Å². The van der Waals surface area contributed by atoms with Gasteiger partial charge in [-0.2, -0.15) is 4.57 Å². The summed E-state index contributed by atoms with van der Waals surface area (Å²) < 4.78 is 39.6. The van der Waals surface area contributed by atoms with Gasteiger partial charge in [0.1, 0.15) is 46.6 Å². The summed E-state index contributed by atoms with van der Waals surface area (Å²) in [7, 11) is 3.18. The van der Waals surface area contributed by atoms with Crippen molar-refractivity contribution in [2.45, 2.75) is 62.1 Å². The number of methoxy groups -OCH3 is 2. The molecule has 8 rings (SSSR count). The molecule has 1 saturated heterocycles. The first-order valence-corrected chi connectivity index (χ1v) is 21.6. The van der Waals surface area contributed by atoms with Crippen LogP contribution < -0.4 is 20.7 Å². The van der Waals surface area contributed by atoms with E-state index in [4.69, 9.17) is 28.4 Å². The molecule has 0 spiro atoms. The summed E-state index contributed by atoms with van der Waals surface area (Å²) in [6.45, 7) is 4.65. The topological polar surface area (TPSA) is 137 Å². The molecular weight excluding hydrogens is 837 g/mol. The summed E-state index contributed by atoms with van der Waals surface area (Å²) in [6, 6.07) is 54.6. The monoisotopic (exact) mass is 888 g/mol. The van der Waals surface area contributed by atoms with E-state index in [-0.39, 0.29) is 6.61 Å². The van der Waals surface area contributed by atoms with E-state index in [0.29, 0.717) is 32.8 Å². The summed E-state index contributed by atoms with van der Waals surface area (Å²) in [5, 5.41) is 12.9. The molecule has 338 valence electrons. The third-order valence-electron chi connectivity index (χ3n) is 11.7. The van der Waals surface area contributed by atoms with Gasteiger partial charge in [-0.1, -0.05) is 146 Å². The molecule has 1 N–H and O–H groups in total. The highest BCUT2D eigenvalue weighted by Gasteiger charge is 2.53. The van der Waals surface area contributed by atoms with Gasteiger partial charge in [-0.05, 0) is 78.4 Å². The molecule has 1 aromatic heterocycles. The predicted octanol–water partition coefficient (Wildman–Crippen LogP) is 8.45. The lowest BCUT2D eigenvalue weighted by Gasteiger charge is -2.40. The van der Waals surface area contributed by atoms with Crippen LogP contribution in [0.5, 0.6) is 11.5 Å². The highest BCUT2D eigenvalue weighted by molar-refractivity contribution is 5.70. The van der Waals surface area contributed by atoms with Crippen LogP contribution in [0.2, 0.25) is 0 Å². The normalized spacial score (nSPS) is 17.5. The molecule has 0 aliphatic carbocycles. The molecule has 0 unspecified atom stereocenters. The molecule has 12 nitrogen and oxygen atoms in total. The Morgan fingerprint density at radius 2 is 1.00 bits per heavy atom. The lowest BCUT2D eigenvalue weighted by Crippen LogP contribution is -2.49. The van der Waals surface area contributed by atoms with Crippen LogP contribution >= 0.6 is 0 Å². The zero-order valence-corrected chi connectivity index (χ0v) is 37.4. The van der Waals surface area contributed by atoms with E-state index < -0.39 is 58.7 Å². The molecule has 0 saturated carbocycles. The lowest BCUT2D eigenvalue weighted by molar-refractivity contribution is -0.125. The number of aliphatic hydroxyl groups excluding tert-OH is 1. The number of ether oxygens (including phenoxy) is 6. The third-order valence-corrected chi connectivity index (χ3v) is 11.7. The van der Waals surface area contributed by atoms with Crippen LogP contribution in [0.1, 0.15) is 60.4 Å². The van der Waals surface area contributed by atoms with Crippen LogP contribution in [-0.2, 0) is 30.1 Å². The summed E-state index contributed by atoms with van der Waals surface area (Å²) in [5.41, 5.74) is -1.28. The molecule has 0 radical (unpaired) electrons. The Morgan fingerprint density at radius 3 is 1.42 bits per heavy atom. The molecule has 1 aliphatic heterocycles. The van der Waals surface area contributed by atoms with Gasteiger partial charge in [0.05, 0.1) is 20.8 Å². The first-order valence-electron chi connectivity index (χ1n) is 21.6. The number of hydrogen-bond acceptors (Lipinski definition) is 10. The Balaban J connectivity index is 1.31. The molecule has 0 amide bonds. The second-order valence-electron chi connectivity index (χ2n) is 16.9. The summed E-state index contributed by atoms with van der Waals surface area (Å²) in [5.74, 6) is 1.27. The molecule has 0 bridgehead atoms. The number of benzene rings is 6. The number of hydrogen-bond donors (Lipinski definition) is 1. The largest absolute Gasteiger partial charge is 0.497 e. The first-order chi connectivity index (χ1) is 31.9. The minimum absolute atomic E-state index is 0.236. The SMILES string of the molecule is COc1ccc(C(OC[C@H]2O[C@@H](n3ccc(=O)n(C(=O)OC(C)(C)C)c3=O)[C@H](OC(c3ccccc3)(c3ccccc3)c3ccc(OC)cc3)[C@@H]2O)(c2ccccc2)c2ccccc2)cc1. The Morgan fingerprint density at radius 1 is 0.591 bits per heavy atom. The fourth-order valence-corrected chi connectivity index (χ4v) is 8.58. The fraction of sp³-hybridized carbons (Fsp3) is 0.241. The van der Waals surface area contributed by atoms with Gasteiger partial charge in [-0.3, -0.25) is 9.36 Å². The van der Waals surface area contributed by atoms with Crippen LogP contribution in [-0.4, -0.2) is 65.1 Å². The zero-order chi connectivity index (χ0) is 46.5. The number of nitrogens with zero attached hydrogens (tertiary/aromatic N) is 2. The summed E-state index contributed by atoms with van der Waals surface area (Å²) >= 11 is 0. The Bertz CT molecular complexity index is 2750. The van der Waals surface area contributed by atoms with Crippen molar-refractivity contribution in [1.29, 1.82) is 0 Å². The average molecular weight is 889 g/mol. The Kier molecular flexibility index (Phi) is 13.2. The number of aliphatic hydroxyl groups is 1. The van der Waals surface area contributed by atoms with Crippen LogP contribution in [0.25, 0.3) is 0 Å². The Hall–Kier alpha value is -7.09. The van der Waals surface area contributed by atoms with E-state index >= 15 is 0 Å². The molecule has 2 heterocycles. The van der Waals surface area contributed by atoms with E-state index in [1.165, 1.54) is 6.20 Å². The summed E-state index contributed by atoms with van der Waals surface area (Å²) in [4.78, 5) is 41.5. The van der Waals surface area contributed by atoms with Gasteiger partial charge >= 0.3 is 11.8 Å². The standard InChI is InChI=1S/C54H52N2O10/c1-52(2,3)66-51(60)56-46(57)34-35-55(50(56)59)49-48(65-54(39-22-14-8-15-23-39,40-24-16-9-17-25-40)42-28-32-44(62-5)33-29-42)47(58)45(64-49)36-63-53(37-18-10-6-11-19-37,38-20-12-7-13-21-38)41-26-30-43(61-4)31-27-41/h6-35,45,47-49,58H,36H2,1-5H3/t45-,47-,48-,49-/m1/s1. The van der Waals surface area contributed by atoms with Gasteiger partial charge in [0.15, 0.2) is 6.23 Å². The zero-order valence-electron chi connectivity index (χ0n) is 37.4. The third kappa shape index (κ3) is 8.83. The van der Waals surface area contributed by atoms with Gasteiger partial charge in [-0.25, -0.2) is 9.59 Å². The smallest absolute Gasteiger partial charge is 0.425 e. The number of carbonyl (C=O) groups is 1. The van der Waals surface area contributed by atoms with Gasteiger partial charge in [0.25, 0.3) is 5.56 Å². The van der Waals surface area contributed by atoms with Crippen molar-refractivity contribution in [2.24, 2.45) is 0 Å². The molecule has 1 fully saturated rings. The molecule has 12 heteroatoms. The quantitative estimate of drug-likeness (QED) is 0.106. The van der Waals surface area contributed by atoms with E-state index in [0.717, 1.165) is 27.3 Å². The first kappa shape index (κ1) is 45.5. The highest BCUT2D eigenvalue weighted by atomic mass is 16.6. The van der Waals surface area contributed by atoms with E-state index in [2.05, 4.69) is 0 Å². The highest BCUT2D eigenvalue weighted by Crippen LogP contribution is 2.47. The minimum atomic E-state index is -1.49. The fourth-order valence-electron chi connectivity index (χ4n) is 8.58. The van der Waals surface area contributed by atoms with Crippen LogP contribution in [0.15, 0.2) is 192 Å². The maximum atomic E-state index is 14.6. The van der Waals surface area contributed by atoms with Gasteiger partial charge in [-0.15, -0.1) is 0 Å². The number of aromatic nitrogens is 2. The minimum Gasteiger partial charge on any atom is -0.497 e. The second-order valence-corrected chi connectivity index (χ2v) is 16.9. The lowest BCUT2D eigenvalue weighted by atomic mass is 9.79. The second kappa shape index (κ2) is 19.2. The van der Waals surface area contributed by atoms with Gasteiger partial charge in [0, 0.05) is 12.3 Å². The van der Waals surface area contributed by atoms with Crippen molar-refractivity contribution in [3.63, 3.8) is 0 Å². The van der Waals surface area contributed by atoms with Crippen molar-refractivity contribution >= 4 is 6.09 Å². The molecule has 1 aliphatic rings. The maximum absolute atomic E-state index is 14.6. The van der Waals surface area contributed by atoms with Gasteiger partial charge < -0.3 is 33.5 Å². The van der Waals surface area contributed by atoms with Gasteiger partial charge in [0.2, 0.25) is 0 Å². The van der Waals surface area contributed by atoms with Crippen molar-refractivity contribution in [3.05, 3.63) is 236 Å². The number of rotatable bonds is 14. The van der Waals surface area contributed by atoms with Crippen LogP contribution in [0, 0.1) is 0 Å². The van der Waals surface area contributed by atoms with E-state index in [1.54, 1.807) is 35.0 Å². The van der Waals surface area contributed by atoms with Crippen molar-refractivity contribution in [2.75, 3.05) is 20.8 Å². The predicted molar refractivity (Wildman–Crippen MR) is 249 cm³/mol. The molecule has 4 atom stereocenters. The number of carbonyl (C=O) groups excluding carboxylic acids is 1. The van der Waals surface area contributed by atoms with Crippen molar-refractivity contribution < 1.29 is 38.3 Å². The molecule has 6 aromatic carbocycles. The maximum Gasteiger partial charge on any atom is 0.425 e. The van der Waals surface area contributed by atoms with Crippen molar-refractivity contribution in [3.8, 4) is 11.5 Å². The summed E-state index contributed by atoms with van der Waals surface area (Å²) in [6.07, 6.45) is -5.40. The molecule has 7 aromatic rings. The average Bonchev–Trinajstić information content (AvgIpc) is 3.64. The Labute approximate surface area is 383 Å².